The molecule has 5 rings (SSSR count). The number of benzene rings is 1. The van der Waals surface area contributed by atoms with E-state index in [9.17, 15) is 15.0 Å². The van der Waals surface area contributed by atoms with Crippen LogP contribution in [0.5, 0.6) is 11.5 Å². The minimum absolute atomic E-state index is 0.0729. The van der Waals surface area contributed by atoms with Crippen LogP contribution in [0.15, 0.2) is 12.1 Å². The summed E-state index contributed by atoms with van der Waals surface area (Å²) in [6.45, 7) is 0. The van der Waals surface area contributed by atoms with E-state index in [1.165, 1.54) is 0 Å². The van der Waals surface area contributed by atoms with Gasteiger partial charge in [-0.05, 0) is 43.2 Å². The second-order valence-electron chi connectivity index (χ2n) is 7.10. The van der Waals surface area contributed by atoms with Crippen LogP contribution in [-0.2, 0) is 16.6 Å². The zero-order chi connectivity index (χ0) is 14.4. The summed E-state index contributed by atoms with van der Waals surface area (Å²) in [6.07, 6.45) is 3.92. The first-order valence-electron chi connectivity index (χ1n) is 7.85. The number of Topliss-reactive ketones (excluding diaryl/α,β-unsaturated/α-hetero) is 1. The third kappa shape index (κ3) is 1.10. The zero-order valence-corrected chi connectivity index (χ0v) is 11.8. The van der Waals surface area contributed by atoms with Crippen molar-refractivity contribution in [2.45, 2.75) is 55.6 Å². The lowest BCUT2D eigenvalue weighted by atomic mass is 9.46. The molecule has 110 valence electrons. The third-order valence-corrected chi connectivity index (χ3v) is 6.44. The number of carbonyl (C=O) groups excluding carboxylic acids is 1. The van der Waals surface area contributed by atoms with Gasteiger partial charge in [0.2, 0.25) is 0 Å². The molecule has 2 fully saturated rings. The normalized spacial score (nSPS) is 42.4. The maximum absolute atomic E-state index is 12.5. The molecular weight excluding hydrogens is 268 g/mol. The number of hydrogen-bond acceptors (Lipinski definition) is 4. The summed E-state index contributed by atoms with van der Waals surface area (Å²) < 4.78 is 5.93. The van der Waals surface area contributed by atoms with E-state index in [1.807, 2.05) is 6.07 Å². The summed E-state index contributed by atoms with van der Waals surface area (Å²) >= 11 is 0. The van der Waals surface area contributed by atoms with Gasteiger partial charge < -0.3 is 14.9 Å². The molecular formula is C17H18O4. The molecule has 4 nitrogen and oxygen atoms in total. The van der Waals surface area contributed by atoms with Crippen LogP contribution in [0.4, 0.5) is 0 Å². The number of aromatic hydroxyl groups is 1. The molecule has 1 aromatic rings. The number of phenolic OH excluding ortho intramolecular Hbond substituents is 1. The van der Waals surface area contributed by atoms with Crippen molar-refractivity contribution >= 4 is 5.78 Å². The summed E-state index contributed by atoms with van der Waals surface area (Å²) in [4.78, 5) is 12.5. The lowest BCUT2D eigenvalue weighted by Gasteiger charge is -2.59. The number of carbonyl (C=O) groups is 1. The van der Waals surface area contributed by atoms with Crippen LogP contribution < -0.4 is 4.74 Å². The fourth-order valence-corrected chi connectivity index (χ4v) is 5.64. The number of phenols is 1. The van der Waals surface area contributed by atoms with Crippen LogP contribution in [-0.4, -0.2) is 27.7 Å². The SMILES string of the molecule is O=C1CC[C@@]2(O)[C@@H]3CCC[C@@]24c2c(ccc(O)c2O[C@@H]14)C3. The molecule has 0 saturated heterocycles. The van der Waals surface area contributed by atoms with Gasteiger partial charge in [-0.2, -0.15) is 0 Å². The van der Waals surface area contributed by atoms with Crippen LogP contribution >= 0.6 is 0 Å². The van der Waals surface area contributed by atoms with E-state index in [0.29, 0.717) is 18.6 Å². The van der Waals surface area contributed by atoms with Crippen molar-refractivity contribution in [2.75, 3.05) is 0 Å². The molecule has 1 aromatic carbocycles. The van der Waals surface area contributed by atoms with E-state index in [1.54, 1.807) is 6.07 Å². The monoisotopic (exact) mass is 286 g/mol. The number of ketones is 1. The van der Waals surface area contributed by atoms with E-state index in [0.717, 1.165) is 36.8 Å². The Morgan fingerprint density at radius 3 is 3.00 bits per heavy atom. The fraction of sp³-hybridized carbons (Fsp3) is 0.588. The average molecular weight is 286 g/mol. The van der Waals surface area contributed by atoms with Gasteiger partial charge in [-0.1, -0.05) is 12.5 Å². The van der Waals surface area contributed by atoms with Gasteiger partial charge in [-0.3, -0.25) is 4.79 Å². The third-order valence-electron chi connectivity index (χ3n) is 6.44. The van der Waals surface area contributed by atoms with Crippen molar-refractivity contribution in [1.29, 1.82) is 0 Å². The first kappa shape index (κ1) is 12.0. The summed E-state index contributed by atoms with van der Waals surface area (Å²) in [5.74, 6) is 0.820. The van der Waals surface area contributed by atoms with Crippen LogP contribution in [0.2, 0.25) is 0 Å². The fourth-order valence-electron chi connectivity index (χ4n) is 5.64. The van der Waals surface area contributed by atoms with E-state index >= 15 is 0 Å². The number of hydrogen-bond donors (Lipinski definition) is 2. The molecule has 1 heterocycles. The van der Waals surface area contributed by atoms with E-state index < -0.39 is 17.1 Å². The molecule has 2 bridgehead atoms. The molecule has 4 atom stereocenters. The van der Waals surface area contributed by atoms with Crippen molar-refractivity contribution < 1.29 is 19.7 Å². The van der Waals surface area contributed by atoms with Crippen LogP contribution in [0.25, 0.3) is 0 Å². The molecule has 2 N–H and O–H groups in total. The maximum Gasteiger partial charge on any atom is 0.174 e. The molecule has 1 aliphatic heterocycles. The van der Waals surface area contributed by atoms with Crippen molar-refractivity contribution in [2.24, 2.45) is 5.92 Å². The standard InChI is InChI=1S/C17H18O4/c18-11-4-3-9-8-10-2-1-6-16-13(9)14(11)21-15(16)12(19)5-7-17(10,16)20/h3-4,10,15,18,20H,1-2,5-8H2/t10-,15+,16+,17-/m1/s1. The van der Waals surface area contributed by atoms with E-state index in [2.05, 4.69) is 0 Å². The predicted octanol–water partition coefficient (Wildman–Crippen LogP) is 1.84. The Morgan fingerprint density at radius 2 is 2.14 bits per heavy atom. The van der Waals surface area contributed by atoms with Gasteiger partial charge in [-0.15, -0.1) is 0 Å². The van der Waals surface area contributed by atoms with Crippen molar-refractivity contribution in [3.8, 4) is 11.5 Å². The lowest BCUT2D eigenvalue weighted by Crippen LogP contribution is -2.69. The Kier molecular flexibility index (Phi) is 1.97. The molecule has 0 amide bonds. The molecule has 21 heavy (non-hydrogen) atoms. The van der Waals surface area contributed by atoms with Crippen LogP contribution in [0.3, 0.4) is 0 Å². The number of ether oxygens (including phenoxy) is 1. The van der Waals surface area contributed by atoms with Crippen molar-refractivity contribution in [3.05, 3.63) is 23.3 Å². The van der Waals surface area contributed by atoms with Gasteiger partial charge in [0.25, 0.3) is 0 Å². The van der Waals surface area contributed by atoms with Crippen LogP contribution in [0, 0.1) is 5.92 Å². The highest BCUT2D eigenvalue weighted by Gasteiger charge is 2.71. The highest BCUT2D eigenvalue weighted by atomic mass is 16.5. The lowest BCUT2D eigenvalue weighted by molar-refractivity contribution is -0.177. The average Bonchev–Trinajstić information content (AvgIpc) is 2.80. The van der Waals surface area contributed by atoms with Gasteiger partial charge in [0.1, 0.15) is 0 Å². The Morgan fingerprint density at radius 1 is 1.29 bits per heavy atom. The van der Waals surface area contributed by atoms with E-state index in [4.69, 9.17) is 4.74 Å². The zero-order valence-electron chi connectivity index (χ0n) is 11.8. The Balaban J connectivity index is 1.89. The first-order valence-corrected chi connectivity index (χ1v) is 7.85. The highest BCUT2D eigenvalue weighted by molar-refractivity contribution is 5.89. The number of aliphatic hydroxyl groups is 1. The van der Waals surface area contributed by atoms with Gasteiger partial charge >= 0.3 is 0 Å². The molecule has 0 aromatic heterocycles. The summed E-state index contributed by atoms with van der Waals surface area (Å²) in [5, 5.41) is 21.7. The van der Waals surface area contributed by atoms with Gasteiger partial charge in [0, 0.05) is 12.0 Å². The summed E-state index contributed by atoms with van der Waals surface area (Å²) in [7, 11) is 0. The van der Waals surface area contributed by atoms with Crippen LogP contribution in [0.1, 0.15) is 43.2 Å². The molecule has 0 radical (unpaired) electrons. The second-order valence-corrected chi connectivity index (χ2v) is 7.10. The maximum atomic E-state index is 12.5. The highest BCUT2D eigenvalue weighted by Crippen LogP contribution is 2.66. The molecule has 4 aliphatic rings. The second kappa shape index (κ2) is 3.43. The topological polar surface area (TPSA) is 66.8 Å². The molecule has 0 unspecified atom stereocenters. The molecule has 3 aliphatic carbocycles. The number of rotatable bonds is 0. The minimum Gasteiger partial charge on any atom is -0.504 e. The summed E-state index contributed by atoms with van der Waals surface area (Å²) in [6, 6.07) is 3.60. The Hall–Kier alpha value is -1.55. The van der Waals surface area contributed by atoms with Gasteiger partial charge in [0.15, 0.2) is 23.4 Å². The minimum atomic E-state index is -0.851. The van der Waals surface area contributed by atoms with Crippen molar-refractivity contribution in [3.63, 3.8) is 0 Å². The smallest absolute Gasteiger partial charge is 0.174 e. The Labute approximate surface area is 122 Å². The predicted molar refractivity (Wildman–Crippen MR) is 74.4 cm³/mol. The van der Waals surface area contributed by atoms with Gasteiger partial charge in [0.05, 0.1) is 11.0 Å². The molecule has 2 saturated carbocycles. The van der Waals surface area contributed by atoms with Gasteiger partial charge in [-0.25, -0.2) is 0 Å². The largest absolute Gasteiger partial charge is 0.504 e. The van der Waals surface area contributed by atoms with Crippen molar-refractivity contribution in [1.82, 2.24) is 0 Å². The van der Waals surface area contributed by atoms with E-state index in [-0.39, 0.29) is 17.5 Å². The molecule has 4 heteroatoms. The Bertz CT molecular complexity index is 682. The quantitative estimate of drug-likeness (QED) is 0.763. The first-order chi connectivity index (χ1) is 10.1. The molecule has 1 spiro atoms. The summed E-state index contributed by atoms with van der Waals surface area (Å²) in [5.41, 5.74) is 0.608.